The van der Waals surface area contributed by atoms with Crippen molar-refractivity contribution >= 4 is 23.4 Å². The third-order valence-corrected chi connectivity index (χ3v) is 4.98. The van der Waals surface area contributed by atoms with Gasteiger partial charge in [0, 0.05) is 21.6 Å². The van der Waals surface area contributed by atoms with Gasteiger partial charge in [-0.1, -0.05) is 44.5 Å². The Bertz CT molecular complexity index is 325. The van der Waals surface area contributed by atoms with Crippen LogP contribution >= 0.6 is 23.4 Å². The van der Waals surface area contributed by atoms with Crippen LogP contribution in [0.4, 0.5) is 0 Å². The highest BCUT2D eigenvalue weighted by atomic mass is 35.5. The van der Waals surface area contributed by atoms with Crippen LogP contribution in [0.25, 0.3) is 0 Å². The van der Waals surface area contributed by atoms with E-state index < -0.39 is 0 Å². The van der Waals surface area contributed by atoms with Gasteiger partial charge in [-0.15, -0.1) is 11.8 Å². The van der Waals surface area contributed by atoms with E-state index in [1.807, 2.05) is 23.9 Å². The second-order valence-corrected chi connectivity index (χ2v) is 6.42. The van der Waals surface area contributed by atoms with E-state index in [1.54, 1.807) is 0 Å². The van der Waals surface area contributed by atoms with Crippen molar-refractivity contribution in [3.63, 3.8) is 0 Å². The highest BCUT2D eigenvalue weighted by Gasteiger charge is 2.21. The summed E-state index contributed by atoms with van der Waals surface area (Å²) >= 11 is 7.89. The summed E-state index contributed by atoms with van der Waals surface area (Å²) in [7, 11) is 0. The van der Waals surface area contributed by atoms with Gasteiger partial charge in [-0.05, 0) is 30.5 Å². The lowest BCUT2D eigenvalue weighted by molar-refractivity contribution is 0.631. The predicted octanol–water partition coefficient (Wildman–Crippen LogP) is 4.65. The van der Waals surface area contributed by atoms with Crippen LogP contribution in [0.5, 0.6) is 0 Å². The van der Waals surface area contributed by atoms with Gasteiger partial charge in [-0.25, -0.2) is 0 Å². The zero-order chi connectivity index (χ0) is 12.8. The molecule has 3 heteroatoms. The molecule has 2 N–H and O–H groups in total. The van der Waals surface area contributed by atoms with Crippen LogP contribution in [0.15, 0.2) is 24.3 Å². The van der Waals surface area contributed by atoms with Crippen LogP contribution in [-0.2, 0) is 0 Å². The summed E-state index contributed by atoms with van der Waals surface area (Å²) in [5.74, 6) is 0. The van der Waals surface area contributed by atoms with Gasteiger partial charge in [0.1, 0.15) is 0 Å². The highest BCUT2D eigenvalue weighted by molar-refractivity contribution is 8.00. The third kappa shape index (κ3) is 4.53. The molecular formula is C14H22ClNS. The summed E-state index contributed by atoms with van der Waals surface area (Å²) in [5.41, 5.74) is 7.52. The summed E-state index contributed by atoms with van der Waals surface area (Å²) in [4.78, 5) is 0. The molecule has 0 aromatic heterocycles. The first kappa shape index (κ1) is 14.9. The molecule has 1 nitrogen and oxygen atoms in total. The molecule has 0 heterocycles. The van der Waals surface area contributed by atoms with Gasteiger partial charge in [0.15, 0.2) is 0 Å². The fourth-order valence-electron chi connectivity index (χ4n) is 1.64. The van der Waals surface area contributed by atoms with Gasteiger partial charge >= 0.3 is 0 Å². The monoisotopic (exact) mass is 271 g/mol. The SMILES string of the molecule is CCC(C)SC(c1ccc(Cl)cc1)C(N)CC. The summed E-state index contributed by atoms with van der Waals surface area (Å²) in [6, 6.07) is 8.29. The first-order valence-corrected chi connectivity index (χ1v) is 7.57. The lowest BCUT2D eigenvalue weighted by Gasteiger charge is -2.25. The Morgan fingerprint density at radius 1 is 1.18 bits per heavy atom. The number of nitrogens with two attached hydrogens (primary N) is 1. The molecule has 1 aromatic carbocycles. The van der Waals surface area contributed by atoms with Gasteiger partial charge < -0.3 is 5.73 Å². The van der Waals surface area contributed by atoms with Crippen LogP contribution in [-0.4, -0.2) is 11.3 Å². The molecule has 0 aliphatic heterocycles. The maximum atomic E-state index is 6.24. The largest absolute Gasteiger partial charge is 0.326 e. The molecule has 0 radical (unpaired) electrons. The number of hydrogen-bond acceptors (Lipinski definition) is 2. The summed E-state index contributed by atoms with van der Waals surface area (Å²) < 4.78 is 0. The van der Waals surface area contributed by atoms with Crippen molar-refractivity contribution in [2.75, 3.05) is 0 Å². The van der Waals surface area contributed by atoms with E-state index in [2.05, 4.69) is 32.9 Å². The molecule has 1 aromatic rings. The average molecular weight is 272 g/mol. The number of rotatable bonds is 6. The average Bonchev–Trinajstić information content (AvgIpc) is 2.36. The summed E-state index contributed by atoms with van der Waals surface area (Å²) in [5, 5.41) is 1.78. The van der Waals surface area contributed by atoms with Crippen LogP contribution in [0, 0.1) is 0 Å². The van der Waals surface area contributed by atoms with Crippen molar-refractivity contribution in [1.82, 2.24) is 0 Å². The Morgan fingerprint density at radius 3 is 2.24 bits per heavy atom. The smallest absolute Gasteiger partial charge is 0.0450 e. The van der Waals surface area contributed by atoms with Gasteiger partial charge in [0.25, 0.3) is 0 Å². The minimum Gasteiger partial charge on any atom is -0.326 e. The molecule has 3 atom stereocenters. The Hall–Kier alpha value is -0.180. The molecule has 0 saturated heterocycles. The van der Waals surface area contributed by atoms with E-state index in [0.29, 0.717) is 10.5 Å². The van der Waals surface area contributed by atoms with Gasteiger partial charge in [-0.2, -0.15) is 0 Å². The topological polar surface area (TPSA) is 26.0 Å². The Labute approximate surface area is 114 Å². The first-order chi connectivity index (χ1) is 8.08. The molecule has 3 unspecified atom stereocenters. The van der Waals surface area contributed by atoms with E-state index in [4.69, 9.17) is 17.3 Å². The molecule has 0 amide bonds. The molecule has 17 heavy (non-hydrogen) atoms. The molecule has 1 rings (SSSR count). The van der Waals surface area contributed by atoms with E-state index in [9.17, 15) is 0 Å². The summed E-state index contributed by atoms with van der Waals surface area (Å²) in [6.45, 7) is 6.62. The number of benzene rings is 1. The Morgan fingerprint density at radius 2 is 1.76 bits per heavy atom. The van der Waals surface area contributed by atoms with Crippen molar-refractivity contribution in [2.24, 2.45) is 5.73 Å². The van der Waals surface area contributed by atoms with Crippen LogP contribution < -0.4 is 5.73 Å². The van der Waals surface area contributed by atoms with Gasteiger partial charge in [0.2, 0.25) is 0 Å². The zero-order valence-corrected chi connectivity index (χ0v) is 12.4. The van der Waals surface area contributed by atoms with E-state index >= 15 is 0 Å². The molecule has 0 fully saturated rings. The van der Waals surface area contributed by atoms with Crippen LogP contribution in [0.3, 0.4) is 0 Å². The Balaban J connectivity index is 2.85. The quantitative estimate of drug-likeness (QED) is 0.815. The molecule has 0 saturated carbocycles. The second kappa shape index (κ2) is 7.30. The molecular weight excluding hydrogens is 250 g/mol. The van der Waals surface area contributed by atoms with Crippen molar-refractivity contribution in [1.29, 1.82) is 0 Å². The Kier molecular flexibility index (Phi) is 6.39. The molecule has 96 valence electrons. The second-order valence-electron chi connectivity index (χ2n) is 4.40. The maximum absolute atomic E-state index is 6.24. The molecule has 0 bridgehead atoms. The van der Waals surface area contributed by atoms with Gasteiger partial charge in [0.05, 0.1) is 0 Å². The first-order valence-electron chi connectivity index (χ1n) is 6.25. The lowest BCUT2D eigenvalue weighted by Crippen LogP contribution is -2.26. The minimum absolute atomic E-state index is 0.204. The predicted molar refractivity (Wildman–Crippen MR) is 79.8 cm³/mol. The van der Waals surface area contributed by atoms with Crippen molar-refractivity contribution in [3.8, 4) is 0 Å². The minimum atomic E-state index is 0.204. The lowest BCUT2D eigenvalue weighted by atomic mass is 10.0. The van der Waals surface area contributed by atoms with E-state index in [-0.39, 0.29) is 6.04 Å². The fourth-order valence-corrected chi connectivity index (χ4v) is 3.17. The fraction of sp³-hybridized carbons (Fsp3) is 0.571. The van der Waals surface area contributed by atoms with Crippen LogP contribution in [0.2, 0.25) is 5.02 Å². The van der Waals surface area contributed by atoms with E-state index in [0.717, 1.165) is 11.4 Å². The number of hydrogen-bond donors (Lipinski definition) is 1. The molecule has 0 aliphatic carbocycles. The van der Waals surface area contributed by atoms with Crippen molar-refractivity contribution in [3.05, 3.63) is 34.9 Å². The normalized spacial score (nSPS) is 16.5. The van der Waals surface area contributed by atoms with E-state index in [1.165, 1.54) is 12.0 Å². The standard InChI is InChI=1S/C14H22ClNS/c1-4-10(3)17-14(13(16)5-2)11-6-8-12(15)9-7-11/h6-10,13-14H,4-5,16H2,1-3H3. The summed E-state index contributed by atoms with van der Waals surface area (Å²) in [6.07, 6.45) is 2.17. The number of halogens is 1. The van der Waals surface area contributed by atoms with Crippen molar-refractivity contribution in [2.45, 2.75) is 50.2 Å². The number of thioether (sulfide) groups is 1. The van der Waals surface area contributed by atoms with Crippen molar-refractivity contribution < 1.29 is 0 Å². The third-order valence-electron chi connectivity index (χ3n) is 3.01. The maximum Gasteiger partial charge on any atom is 0.0450 e. The van der Waals surface area contributed by atoms with Crippen LogP contribution in [0.1, 0.15) is 44.4 Å². The highest BCUT2D eigenvalue weighted by Crippen LogP contribution is 2.36. The van der Waals surface area contributed by atoms with Gasteiger partial charge in [-0.3, -0.25) is 0 Å². The molecule has 0 aliphatic rings. The zero-order valence-electron chi connectivity index (χ0n) is 10.8. The molecule has 0 spiro atoms.